The Kier molecular flexibility index (Phi) is 7.55. The van der Waals surface area contributed by atoms with Crippen LogP contribution in [0, 0.1) is 5.92 Å². The van der Waals surface area contributed by atoms with Crippen molar-refractivity contribution in [3.05, 3.63) is 0 Å². The fourth-order valence-electron chi connectivity index (χ4n) is 1.26. The Balaban J connectivity index is 4.19. The lowest BCUT2D eigenvalue weighted by Gasteiger charge is -2.20. The molecule has 0 saturated heterocycles. The summed E-state index contributed by atoms with van der Waals surface area (Å²) >= 11 is 0. The molecular weight excluding hydrogens is 250 g/mol. The van der Waals surface area contributed by atoms with Gasteiger partial charge in [0, 0.05) is 13.6 Å². The molecule has 0 heterocycles. The monoisotopic (exact) mass is 273 g/mol. The van der Waals surface area contributed by atoms with E-state index >= 15 is 0 Å². The molecule has 1 unspecified atom stereocenters. The number of carbonyl (C=O) groups excluding carboxylic acids is 2. The van der Waals surface area contributed by atoms with Crippen LogP contribution in [0.15, 0.2) is 0 Å². The molecule has 0 aliphatic rings. The number of nitrogens with one attached hydrogen (secondary N) is 2. The Morgan fingerprint density at radius 1 is 1.26 bits per heavy atom. The Hall–Kier alpha value is -1.79. The lowest BCUT2D eigenvalue weighted by Crippen LogP contribution is -2.49. The van der Waals surface area contributed by atoms with E-state index in [1.54, 1.807) is 6.92 Å². The van der Waals surface area contributed by atoms with Crippen molar-refractivity contribution in [1.29, 1.82) is 0 Å². The van der Waals surface area contributed by atoms with E-state index < -0.39 is 18.0 Å². The molecule has 0 bridgehead atoms. The summed E-state index contributed by atoms with van der Waals surface area (Å²) in [5.74, 6) is -1.03. The molecule has 0 aliphatic heterocycles. The first-order chi connectivity index (χ1) is 8.77. The average Bonchev–Trinajstić information content (AvgIpc) is 2.32. The molecule has 0 aromatic carbocycles. The van der Waals surface area contributed by atoms with Crippen LogP contribution in [0.25, 0.3) is 0 Å². The van der Waals surface area contributed by atoms with Gasteiger partial charge in [0.05, 0.1) is 0 Å². The van der Waals surface area contributed by atoms with E-state index in [9.17, 15) is 14.4 Å². The largest absolute Gasteiger partial charge is 0.480 e. The first-order valence-electron chi connectivity index (χ1n) is 6.29. The van der Waals surface area contributed by atoms with Crippen LogP contribution in [-0.2, 0) is 9.59 Å². The molecule has 0 radical (unpaired) electrons. The number of amides is 3. The maximum Gasteiger partial charge on any atom is 0.326 e. The van der Waals surface area contributed by atoms with Crippen molar-refractivity contribution in [3.8, 4) is 0 Å². The summed E-state index contributed by atoms with van der Waals surface area (Å²) in [5, 5.41) is 13.8. The zero-order valence-corrected chi connectivity index (χ0v) is 11.9. The lowest BCUT2D eigenvalue weighted by atomic mass is 10.2. The first-order valence-corrected chi connectivity index (χ1v) is 6.29. The van der Waals surface area contributed by atoms with Crippen LogP contribution in [0.5, 0.6) is 0 Å². The topological polar surface area (TPSA) is 98.7 Å². The summed E-state index contributed by atoms with van der Waals surface area (Å²) in [6.07, 6.45) is 0.286. The predicted molar refractivity (Wildman–Crippen MR) is 70.7 cm³/mol. The van der Waals surface area contributed by atoms with Gasteiger partial charge in [0.25, 0.3) is 0 Å². The second kappa shape index (κ2) is 8.34. The highest BCUT2D eigenvalue weighted by Crippen LogP contribution is 1.94. The average molecular weight is 273 g/mol. The molecule has 0 rings (SSSR count). The van der Waals surface area contributed by atoms with E-state index in [1.165, 1.54) is 7.05 Å². The fourth-order valence-corrected chi connectivity index (χ4v) is 1.26. The van der Waals surface area contributed by atoms with Crippen molar-refractivity contribution in [2.24, 2.45) is 5.92 Å². The van der Waals surface area contributed by atoms with Crippen LogP contribution in [0.3, 0.4) is 0 Å². The standard InChI is InChI=1S/C12H23N3O4/c1-5-9(11(17)18)14-12(19)15(4)7-10(16)13-6-8(2)3/h8-9H,5-7H2,1-4H3,(H,13,16)(H,14,19)(H,17,18). The van der Waals surface area contributed by atoms with Crippen LogP contribution in [-0.4, -0.2) is 54.1 Å². The molecule has 7 nitrogen and oxygen atoms in total. The Morgan fingerprint density at radius 3 is 2.26 bits per heavy atom. The summed E-state index contributed by atoms with van der Waals surface area (Å²) in [7, 11) is 1.44. The van der Waals surface area contributed by atoms with Gasteiger partial charge in [-0.25, -0.2) is 9.59 Å². The van der Waals surface area contributed by atoms with E-state index in [0.29, 0.717) is 12.5 Å². The third-order valence-electron chi connectivity index (χ3n) is 2.44. The number of aliphatic carboxylic acids is 1. The van der Waals surface area contributed by atoms with Crippen molar-refractivity contribution >= 4 is 17.9 Å². The van der Waals surface area contributed by atoms with E-state index in [0.717, 1.165) is 4.90 Å². The maximum absolute atomic E-state index is 11.7. The van der Waals surface area contributed by atoms with Gasteiger partial charge < -0.3 is 20.6 Å². The van der Waals surface area contributed by atoms with Gasteiger partial charge in [-0.05, 0) is 12.3 Å². The maximum atomic E-state index is 11.7. The molecule has 3 amide bonds. The van der Waals surface area contributed by atoms with E-state index in [-0.39, 0.29) is 18.9 Å². The number of hydrogen-bond donors (Lipinski definition) is 3. The van der Waals surface area contributed by atoms with Gasteiger partial charge in [-0.3, -0.25) is 4.79 Å². The van der Waals surface area contributed by atoms with E-state index in [1.807, 2.05) is 13.8 Å². The number of likely N-dealkylation sites (N-methyl/N-ethyl adjacent to an activating group) is 1. The predicted octanol–water partition coefficient (Wildman–Crippen LogP) is 0.263. The normalized spacial score (nSPS) is 11.8. The number of hydrogen-bond acceptors (Lipinski definition) is 3. The Labute approximate surface area is 113 Å². The molecule has 0 spiro atoms. The number of carbonyl (C=O) groups is 3. The minimum atomic E-state index is -1.09. The van der Waals surface area contributed by atoms with Crippen LogP contribution >= 0.6 is 0 Å². The molecule has 0 aromatic rings. The van der Waals surface area contributed by atoms with Crippen LogP contribution in [0.2, 0.25) is 0 Å². The molecule has 19 heavy (non-hydrogen) atoms. The molecule has 0 saturated carbocycles. The quantitative estimate of drug-likeness (QED) is 0.619. The van der Waals surface area contributed by atoms with Crippen LogP contribution in [0.1, 0.15) is 27.2 Å². The third-order valence-corrected chi connectivity index (χ3v) is 2.44. The van der Waals surface area contributed by atoms with Crippen molar-refractivity contribution in [2.75, 3.05) is 20.1 Å². The van der Waals surface area contributed by atoms with Crippen molar-refractivity contribution < 1.29 is 19.5 Å². The van der Waals surface area contributed by atoms with Gasteiger partial charge in [-0.2, -0.15) is 0 Å². The van der Waals surface area contributed by atoms with Gasteiger partial charge in [0.1, 0.15) is 12.6 Å². The van der Waals surface area contributed by atoms with Gasteiger partial charge >= 0.3 is 12.0 Å². The second-order valence-corrected chi connectivity index (χ2v) is 4.80. The van der Waals surface area contributed by atoms with Gasteiger partial charge in [0.15, 0.2) is 0 Å². The minimum absolute atomic E-state index is 0.103. The molecule has 0 fully saturated rings. The lowest BCUT2D eigenvalue weighted by molar-refractivity contribution is -0.139. The van der Waals surface area contributed by atoms with Crippen LogP contribution in [0.4, 0.5) is 4.79 Å². The zero-order valence-electron chi connectivity index (χ0n) is 11.9. The highest BCUT2D eigenvalue weighted by molar-refractivity contribution is 5.86. The highest BCUT2D eigenvalue weighted by Gasteiger charge is 2.20. The summed E-state index contributed by atoms with van der Waals surface area (Å²) in [4.78, 5) is 35.1. The molecule has 0 aromatic heterocycles. The summed E-state index contributed by atoms with van der Waals surface area (Å²) in [6, 6.07) is -1.51. The Morgan fingerprint density at radius 2 is 1.84 bits per heavy atom. The molecule has 110 valence electrons. The molecule has 1 atom stereocenters. The van der Waals surface area contributed by atoms with Gasteiger partial charge in [0.2, 0.25) is 5.91 Å². The number of carboxylic acids is 1. The molecule has 0 aliphatic carbocycles. The van der Waals surface area contributed by atoms with Gasteiger partial charge in [-0.1, -0.05) is 20.8 Å². The van der Waals surface area contributed by atoms with E-state index in [2.05, 4.69) is 10.6 Å². The second-order valence-electron chi connectivity index (χ2n) is 4.80. The minimum Gasteiger partial charge on any atom is -0.480 e. The SMILES string of the molecule is CCC(NC(=O)N(C)CC(=O)NCC(C)C)C(=O)O. The summed E-state index contributed by atoms with van der Waals surface area (Å²) in [6.45, 7) is 6.04. The van der Waals surface area contributed by atoms with Crippen LogP contribution < -0.4 is 10.6 Å². The van der Waals surface area contributed by atoms with E-state index in [4.69, 9.17) is 5.11 Å². The van der Waals surface area contributed by atoms with Crippen molar-refractivity contribution in [1.82, 2.24) is 15.5 Å². The summed E-state index contributed by atoms with van der Waals surface area (Å²) in [5.41, 5.74) is 0. The van der Waals surface area contributed by atoms with Crippen molar-refractivity contribution in [2.45, 2.75) is 33.2 Å². The van der Waals surface area contributed by atoms with Gasteiger partial charge in [-0.15, -0.1) is 0 Å². The number of carboxylic acid groups (broad SMARTS) is 1. The molecule has 3 N–H and O–H groups in total. The Bertz CT molecular complexity index is 331. The molecule has 7 heteroatoms. The summed E-state index contributed by atoms with van der Waals surface area (Å²) < 4.78 is 0. The highest BCUT2D eigenvalue weighted by atomic mass is 16.4. The smallest absolute Gasteiger partial charge is 0.326 e. The fraction of sp³-hybridized carbons (Fsp3) is 0.750. The zero-order chi connectivity index (χ0) is 15.0. The number of rotatable bonds is 7. The first kappa shape index (κ1) is 17.2. The number of nitrogens with zero attached hydrogens (tertiary/aromatic N) is 1. The molecular formula is C12H23N3O4. The number of urea groups is 1. The third kappa shape index (κ3) is 7.28. The van der Waals surface area contributed by atoms with Crippen molar-refractivity contribution in [3.63, 3.8) is 0 Å².